The van der Waals surface area contributed by atoms with Crippen LogP contribution in [0.25, 0.3) is 0 Å². The fourth-order valence-electron chi connectivity index (χ4n) is 0.215. The van der Waals surface area contributed by atoms with E-state index >= 15 is 0 Å². The highest BCUT2D eigenvalue weighted by Crippen LogP contribution is 1.64. The summed E-state index contributed by atoms with van der Waals surface area (Å²) in [5, 5.41) is 20.2. The summed E-state index contributed by atoms with van der Waals surface area (Å²) in [4.78, 5) is 8.56. The summed E-state index contributed by atoms with van der Waals surface area (Å²) < 4.78 is 0. The molecule has 0 unspecified atom stereocenters. The summed E-state index contributed by atoms with van der Waals surface area (Å²) >= 11 is 0. The number of aromatic nitrogens is 2. The van der Waals surface area contributed by atoms with Crippen LogP contribution in [0.2, 0.25) is 0 Å². The Morgan fingerprint density at radius 3 is 2.22 bits per heavy atom. The van der Waals surface area contributed by atoms with Crippen molar-refractivity contribution >= 4 is 6.16 Å². The Balaban J connectivity index is 0.000000148. The molecule has 0 aromatic carbocycles. The molecule has 0 aliphatic heterocycles. The van der Waals surface area contributed by atoms with E-state index in [9.17, 15) is 0 Å². The van der Waals surface area contributed by atoms with E-state index in [0.29, 0.717) is 0 Å². The van der Waals surface area contributed by atoms with Gasteiger partial charge >= 0.3 is 6.16 Å². The van der Waals surface area contributed by atoms with Crippen molar-refractivity contribution < 1.29 is 15.0 Å². The maximum Gasteiger partial charge on any atom is 0.503 e. The monoisotopic (exact) mass is 130 g/mol. The van der Waals surface area contributed by atoms with Crippen LogP contribution in [0, 0.1) is 0 Å². The van der Waals surface area contributed by atoms with Gasteiger partial charge in [-0.15, -0.1) is 0 Å². The van der Waals surface area contributed by atoms with Gasteiger partial charge in [0.25, 0.3) is 0 Å². The number of H-pyrrole nitrogens is 1. The van der Waals surface area contributed by atoms with Crippen molar-refractivity contribution in [1.82, 2.24) is 10.2 Å². The van der Waals surface area contributed by atoms with Crippen molar-refractivity contribution in [2.24, 2.45) is 0 Å². The van der Waals surface area contributed by atoms with Crippen LogP contribution in [0.5, 0.6) is 0 Å². The first-order valence-corrected chi connectivity index (χ1v) is 2.09. The lowest BCUT2D eigenvalue weighted by atomic mass is 10.8. The van der Waals surface area contributed by atoms with Crippen molar-refractivity contribution in [3.8, 4) is 0 Å². The first kappa shape index (κ1) is 7.48. The molecule has 0 amide bonds. The van der Waals surface area contributed by atoms with Crippen LogP contribution < -0.4 is 0 Å². The van der Waals surface area contributed by atoms with Gasteiger partial charge in [-0.1, -0.05) is 0 Å². The summed E-state index contributed by atoms with van der Waals surface area (Å²) in [7, 11) is 0. The lowest BCUT2D eigenvalue weighted by Crippen LogP contribution is -1.81. The van der Waals surface area contributed by atoms with Crippen molar-refractivity contribution in [3.05, 3.63) is 18.5 Å². The van der Waals surface area contributed by atoms with Gasteiger partial charge < -0.3 is 10.2 Å². The molecule has 0 radical (unpaired) electrons. The minimum absolute atomic E-state index is 1.69. The third-order valence-corrected chi connectivity index (χ3v) is 0.406. The number of rotatable bonds is 0. The third kappa shape index (κ3) is 10.7. The first-order chi connectivity index (χ1) is 4.23. The van der Waals surface area contributed by atoms with E-state index in [-0.39, 0.29) is 0 Å². The lowest BCUT2D eigenvalue weighted by Gasteiger charge is -1.60. The number of aromatic amines is 1. The van der Waals surface area contributed by atoms with Crippen molar-refractivity contribution in [1.29, 1.82) is 0 Å². The molecule has 5 nitrogen and oxygen atoms in total. The Kier molecular flexibility index (Phi) is 3.85. The van der Waals surface area contributed by atoms with Crippen LogP contribution in [-0.2, 0) is 0 Å². The van der Waals surface area contributed by atoms with Gasteiger partial charge in [0.2, 0.25) is 0 Å². The van der Waals surface area contributed by atoms with Gasteiger partial charge in [-0.05, 0) is 6.07 Å². The number of carboxylic acid groups (broad SMARTS) is 2. The quantitative estimate of drug-likeness (QED) is 0.480. The van der Waals surface area contributed by atoms with Crippen molar-refractivity contribution in [2.45, 2.75) is 0 Å². The van der Waals surface area contributed by atoms with Gasteiger partial charge in [0.1, 0.15) is 0 Å². The molecule has 0 spiro atoms. The Labute approximate surface area is 50.9 Å². The Bertz CT molecular complexity index is 128. The maximum atomic E-state index is 8.56. The van der Waals surface area contributed by atoms with E-state index in [1.54, 1.807) is 12.4 Å². The SMILES string of the molecule is O=C(O)O.c1cn[nH]c1. The summed E-state index contributed by atoms with van der Waals surface area (Å²) in [6, 6.07) is 1.83. The predicted octanol–water partition coefficient (Wildman–Crippen LogP) is 0.632. The van der Waals surface area contributed by atoms with Crippen LogP contribution in [0.4, 0.5) is 4.79 Å². The summed E-state index contributed by atoms with van der Waals surface area (Å²) in [5.74, 6) is 0. The van der Waals surface area contributed by atoms with Gasteiger partial charge in [0.05, 0.1) is 0 Å². The maximum absolute atomic E-state index is 8.56. The molecule has 3 N–H and O–H groups in total. The zero-order valence-corrected chi connectivity index (χ0v) is 4.48. The highest BCUT2D eigenvalue weighted by molar-refractivity contribution is 5.53. The molecule has 0 fully saturated rings. The molecule has 0 saturated carbocycles. The zero-order chi connectivity index (χ0) is 7.11. The van der Waals surface area contributed by atoms with E-state index in [4.69, 9.17) is 15.0 Å². The summed E-state index contributed by atoms with van der Waals surface area (Å²) in [5.41, 5.74) is 0. The molecular formula is C4H6N2O3. The molecule has 50 valence electrons. The topological polar surface area (TPSA) is 86.2 Å². The highest BCUT2D eigenvalue weighted by atomic mass is 16.6. The molecule has 1 rings (SSSR count). The molecule has 0 bridgehead atoms. The largest absolute Gasteiger partial charge is 0.503 e. The fourth-order valence-corrected chi connectivity index (χ4v) is 0.215. The van der Waals surface area contributed by atoms with Crippen molar-refractivity contribution in [3.63, 3.8) is 0 Å². The normalized spacial score (nSPS) is 7.11. The van der Waals surface area contributed by atoms with Gasteiger partial charge in [-0.25, -0.2) is 4.79 Å². The first-order valence-electron chi connectivity index (χ1n) is 2.09. The highest BCUT2D eigenvalue weighted by Gasteiger charge is 1.70. The molecular weight excluding hydrogens is 124 g/mol. The van der Waals surface area contributed by atoms with E-state index in [1.807, 2.05) is 6.07 Å². The second kappa shape index (κ2) is 4.63. The van der Waals surface area contributed by atoms with Crippen molar-refractivity contribution in [2.75, 3.05) is 0 Å². The average molecular weight is 130 g/mol. The van der Waals surface area contributed by atoms with Gasteiger partial charge in [0.15, 0.2) is 0 Å². The van der Waals surface area contributed by atoms with Crippen LogP contribution in [0.1, 0.15) is 0 Å². The standard InChI is InChI=1S/C3H4N2.CH2O3/c1-2-4-5-3-1;2-1(3)4/h1-3H,(H,4,5);(H2,2,3,4). The Hall–Kier alpha value is -1.52. The minimum Gasteiger partial charge on any atom is -0.450 e. The molecule has 5 heteroatoms. The smallest absolute Gasteiger partial charge is 0.450 e. The molecule has 1 heterocycles. The fraction of sp³-hybridized carbons (Fsp3) is 0. The van der Waals surface area contributed by atoms with Gasteiger partial charge in [0, 0.05) is 12.4 Å². The van der Waals surface area contributed by atoms with E-state index in [1.165, 1.54) is 0 Å². The zero-order valence-electron chi connectivity index (χ0n) is 4.48. The van der Waals surface area contributed by atoms with E-state index < -0.39 is 6.16 Å². The molecule has 0 saturated heterocycles. The van der Waals surface area contributed by atoms with E-state index in [0.717, 1.165) is 0 Å². The van der Waals surface area contributed by atoms with Crippen LogP contribution in [-0.4, -0.2) is 26.6 Å². The summed E-state index contributed by atoms with van der Waals surface area (Å²) in [6.45, 7) is 0. The number of nitrogens with zero attached hydrogens (tertiary/aromatic N) is 1. The molecule has 1 aromatic heterocycles. The molecule has 9 heavy (non-hydrogen) atoms. The second-order valence-electron chi connectivity index (χ2n) is 1.05. The lowest BCUT2D eigenvalue weighted by molar-refractivity contribution is 0.137. The molecule has 0 aliphatic rings. The molecule has 1 aromatic rings. The van der Waals surface area contributed by atoms with Crippen LogP contribution >= 0.6 is 0 Å². The molecule has 0 aliphatic carbocycles. The number of hydrogen-bond donors (Lipinski definition) is 3. The van der Waals surface area contributed by atoms with Crippen LogP contribution in [0.15, 0.2) is 18.5 Å². The minimum atomic E-state index is -1.83. The van der Waals surface area contributed by atoms with E-state index in [2.05, 4.69) is 10.2 Å². The van der Waals surface area contributed by atoms with Crippen LogP contribution in [0.3, 0.4) is 0 Å². The van der Waals surface area contributed by atoms with Gasteiger partial charge in [-0.2, -0.15) is 5.10 Å². The second-order valence-corrected chi connectivity index (χ2v) is 1.05. The predicted molar refractivity (Wildman–Crippen MR) is 29.2 cm³/mol. The Morgan fingerprint density at radius 2 is 2.11 bits per heavy atom. The Morgan fingerprint density at radius 1 is 1.56 bits per heavy atom. The average Bonchev–Trinajstić information content (AvgIpc) is 2.11. The molecule has 0 atom stereocenters. The number of nitrogens with one attached hydrogen (secondary N) is 1. The summed E-state index contributed by atoms with van der Waals surface area (Å²) in [6.07, 6.45) is 1.62. The third-order valence-electron chi connectivity index (χ3n) is 0.406. The number of hydrogen-bond acceptors (Lipinski definition) is 2. The van der Waals surface area contributed by atoms with Gasteiger partial charge in [-0.3, -0.25) is 5.10 Å². The number of carbonyl (C=O) groups is 1.